The zero-order valence-corrected chi connectivity index (χ0v) is 15.8. The molecular weight excluding hydrogens is 328 g/mol. The third kappa shape index (κ3) is 4.37. The molecule has 0 bridgehead atoms. The monoisotopic (exact) mass is 356 g/mol. The fourth-order valence-corrected chi connectivity index (χ4v) is 4.49. The van der Waals surface area contributed by atoms with Gasteiger partial charge in [-0.1, -0.05) is 0 Å². The molecule has 2 heterocycles. The molecular formula is C16H28N4O3S. The number of amides is 1. The Kier molecular flexibility index (Phi) is 6.82. The van der Waals surface area contributed by atoms with Crippen molar-refractivity contribution < 1.29 is 14.6 Å². The van der Waals surface area contributed by atoms with Gasteiger partial charge in [-0.25, -0.2) is 4.79 Å². The molecule has 0 saturated carbocycles. The highest BCUT2D eigenvalue weighted by atomic mass is 32.1. The van der Waals surface area contributed by atoms with E-state index in [1.165, 1.54) is 15.5 Å². The zero-order valence-electron chi connectivity index (χ0n) is 15.0. The molecule has 136 valence electrons. The summed E-state index contributed by atoms with van der Waals surface area (Å²) in [4.78, 5) is 21.6. The molecule has 24 heavy (non-hydrogen) atoms. The summed E-state index contributed by atoms with van der Waals surface area (Å²) < 4.78 is 7.34. The van der Waals surface area contributed by atoms with Crippen LogP contribution < -0.4 is 4.80 Å². The third-order valence-electron chi connectivity index (χ3n) is 4.58. The minimum Gasteiger partial charge on any atom is -0.465 e. The maximum Gasteiger partial charge on any atom is 0.407 e. The van der Waals surface area contributed by atoms with Gasteiger partial charge in [0, 0.05) is 63.9 Å². The van der Waals surface area contributed by atoms with Crippen LogP contribution in [0.15, 0.2) is 4.99 Å². The first-order chi connectivity index (χ1) is 11.5. The molecule has 2 rings (SSSR count). The van der Waals surface area contributed by atoms with Crippen molar-refractivity contribution in [2.24, 2.45) is 12.0 Å². The first-order valence-electron chi connectivity index (χ1n) is 8.24. The van der Waals surface area contributed by atoms with Crippen molar-refractivity contribution in [3.05, 3.63) is 15.4 Å². The van der Waals surface area contributed by atoms with Gasteiger partial charge < -0.3 is 19.3 Å². The van der Waals surface area contributed by atoms with E-state index in [2.05, 4.69) is 28.6 Å². The summed E-state index contributed by atoms with van der Waals surface area (Å²) in [5.41, 5.74) is 1.31. The summed E-state index contributed by atoms with van der Waals surface area (Å²) in [5.74, 6) is 0.392. The lowest BCUT2D eigenvalue weighted by atomic mass is 9.92. The number of hydrogen-bond donors (Lipinski definition) is 1. The number of aromatic nitrogens is 1. The molecule has 0 aromatic carbocycles. The smallest absolute Gasteiger partial charge is 0.407 e. The molecule has 7 nitrogen and oxygen atoms in total. The molecule has 1 saturated heterocycles. The molecule has 8 heteroatoms. The Morgan fingerprint density at radius 1 is 1.46 bits per heavy atom. The molecule has 0 unspecified atom stereocenters. The van der Waals surface area contributed by atoms with Crippen LogP contribution in [0.3, 0.4) is 0 Å². The molecule has 1 aliphatic heterocycles. The predicted octanol–water partition coefficient (Wildman–Crippen LogP) is 1.55. The van der Waals surface area contributed by atoms with Gasteiger partial charge in [-0.2, -0.15) is 0 Å². The lowest BCUT2D eigenvalue weighted by Crippen LogP contribution is -2.37. The van der Waals surface area contributed by atoms with Crippen LogP contribution in [0.2, 0.25) is 0 Å². The van der Waals surface area contributed by atoms with Crippen LogP contribution in [0.4, 0.5) is 4.79 Å². The van der Waals surface area contributed by atoms with Gasteiger partial charge in [-0.15, -0.1) is 11.3 Å². The van der Waals surface area contributed by atoms with Gasteiger partial charge in [0.2, 0.25) is 0 Å². The maximum absolute atomic E-state index is 11.1. The second kappa shape index (κ2) is 8.64. The lowest BCUT2D eigenvalue weighted by molar-refractivity contribution is 0.131. The van der Waals surface area contributed by atoms with E-state index in [0.717, 1.165) is 30.7 Å². The van der Waals surface area contributed by atoms with Crippen molar-refractivity contribution in [2.75, 3.05) is 47.4 Å². The van der Waals surface area contributed by atoms with E-state index in [1.54, 1.807) is 18.4 Å². The summed E-state index contributed by atoms with van der Waals surface area (Å²) in [5, 5.41) is 9.14. The number of carboxylic acid groups (broad SMARTS) is 1. The van der Waals surface area contributed by atoms with E-state index in [1.807, 2.05) is 7.05 Å². The Balaban J connectivity index is 2.19. The van der Waals surface area contributed by atoms with E-state index in [9.17, 15) is 4.79 Å². The lowest BCUT2D eigenvalue weighted by Gasteiger charge is -2.31. The normalized spacial score (nSPS) is 17.0. The standard InChI is InChI=1S/C16H28N4O3S/c1-17-15-19(3)14(12-5-7-20(8-6-12)16(21)22)13(24-15)11-18(2)9-10-23-4/h12H,5-11H2,1-4H3,(H,21,22). The number of thiazole rings is 1. The average Bonchev–Trinajstić information content (AvgIpc) is 2.88. The topological polar surface area (TPSA) is 70.3 Å². The minimum atomic E-state index is -0.813. The van der Waals surface area contributed by atoms with E-state index in [4.69, 9.17) is 9.84 Å². The van der Waals surface area contributed by atoms with Gasteiger partial charge in [0.25, 0.3) is 0 Å². The van der Waals surface area contributed by atoms with Gasteiger partial charge in [0.05, 0.1) is 6.61 Å². The van der Waals surface area contributed by atoms with Crippen molar-refractivity contribution in [2.45, 2.75) is 25.3 Å². The number of rotatable bonds is 6. The number of nitrogens with zero attached hydrogens (tertiary/aromatic N) is 4. The molecule has 1 amide bonds. The summed E-state index contributed by atoms with van der Waals surface area (Å²) >= 11 is 1.73. The van der Waals surface area contributed by atoms with Gasteiger partial charge in [-0.05, 0) is 19.9 Å². The molecule has 0 atom stereocenters. The Morgan fingerprint density at radius 3 is 2.67 bits per heavy atom. The highest BCUT2D eigenvalue weighted by molar-refractivity contribution is 7.09. The van der Waals surface area contributed by atoms with Crippen LogP contribution in [-0.2, 0) is 18.3 Å². The largest absolute Gasteiger partial charge is 0.465 e. The van der Waals surface area contributed by atoms with Crippen LogP contribution >= 0.6 is 11.3 Å². The van der Waals surface area contributed by atoms with Crippen LogP contribution in [0.1, 0.15) is 29.3 Å². The SMILES string of the molecule is CN=c1sc(CN(C)CCOC)c(C2CCN(C(=O)O)CC2)n1C. The van der Waals surface area contributed by atoms with Gasteiger partial charge in [0.15, 0.2) is 4.80 Å². The highest BCUT2D eigenvalue weighted by Crippen LogP contribution is 2.31. The van der Waals surface area contributed by atoms with Crippen LogP contribution in [0.25, 0.3) is 0 Å². The Morgan fingerprint density at radius 2 is 2.12 bits per heavy atom. The Hall–Kier alpha value is -1.38. The van der Waals surface area contributed by atoms with E-state index < -0.39 is 6.09 Å². The summed E-state index contributed by atoms with van der Waals surface area (Å²) in [6.45, 7) is 3.67. The summed E-state index contributed by atoms with van der Waals surface area (Å²) in [7, 11) is 7.70. The minimum absolute atomic E-state index is 0.392. The quantitative estimate of drug-likeness (QED) is 0.840. The van der Waals surface area contributed by atoms with Crippen molar-refractivity contribution in [1.29, 1.82) is 0 Å². The van der Waals surface area contributed by atoms with Crippen LogP contribution in [0, 0.1) is 0 Å². The maximum atomic E-state index is 11.1. The van der Waals surface area contributed by atoms with Gasteiger partial charge >= 0.3 is 6.09 Å². The van der Waals surface area contributed by atoms with E-state index >= 15 is 0 Å². The number of likely N-dealkylation sites (tertiary alicyclic amines) is 1. The van der Waals surface area contributed by atoms with E-state index in [-0.39, 0.29) is 0 Å². The first-order valence-corrected chi connectivity index (χ1v) is 9.06. The molecule has 0 aliphatic carbocycles. The van der Waals surface area contributed by atoms with Crippen molar-refractivity contribution in [1.82, 2.24) is 14.4 Å². The molecule has 1 aliphatic rings. The molecule has 1 N–H and O–H groups in total. The zero-order chi connectivity index (χ0) is 17.7. The molecule has 1 fully saturated rings. The Bertz CT molecular complexity index is 617. The predicted molar refractivity (Wildman–Crippen MR) is 94.6 cm³/mol. The number of hydrogen-bond acceptors (Lipinski definition) is 5. The molecule has 1 aromatic rings. The van der Waals surface area contributed by atoms with Crippen molar-refractivity contribution in [3.63, 3.8) is 0 Å². The summed E-state index contributed by atoms with van der Waals surface area (Å²) in [6, 6.07) is 0. The molecule has 0 radical (unpaired) electrons. The molecule has 0 spiro atoms. The fourth-order valence-electron chi connectivity index (χ4n) is 3.25. The van der Waals surface area contributed by atoms with Crippen molar-refractivity contribution in [3.8, 4) is 0 Å². The molecule has 1 aromatic heterocycles. The number of ether oxygens (including phenoxy) is 1. The van der Waals surface area contributed by atoms with Crippen LogP contribution in [-0.4, -0.2) is 73.0 Å². The number of likely N-dealkylation sites (N-methyl/N-ethyl adjacent to an activating group) is 1. The van der Waals surface area contributed by atoms with Gasteiger partial charge in [0.1, 0.15) is 0 Å². The summed E-state index contributed by atoms with van der Waals surface area (Å²) in [6.07, 6.45) is 0.927. The second-order valence-electron chi connectivity index (χ2n) is 6.25. The van der Waals surface area contributed by atoms with E-state index in [0.29, 0.717) is 25.6 Å². The third-order valence-corrected chi connectivity index (χ3v) is 5.81. The Labute approximate surface area is 147 Å². The number of piperidine rings is 1. The fraction of sp³-hybridized carbons (Fsp3) is 0.750. The van der Waals surface area contributed by atoms with Crippen LogP contribution in [0.5, 0.6) is 0 Å². The highest BCUT2D eigenvalue weighted by Gasteiger charge is 2.28. The second-order valence-corrected chi connectivity index (χ2v) is 7.31. The number of methoxy groups -OCH3 is 1. The first kappa shape index (κ1) is 19.0. The van der Waals surface area contributed by atoms with Crippen molar-refractivity contribution >= 4 is 17.4 Å². The number of carbonyl (C=O) groups is 1. The van der Waals surface area contributed by atoms with Gasteiger partial charge in [-0.3, -0.25) is 9.89 Å². The average molecular weight is 356 g/mol.